The Morgan fingerprint density at radius 1 is 0.269 bits per heavy atom. The van der Waals surface area contributed by atoms with Crippen molar-refractivity contribution < 1.29 is 20.4 Å². The molecule has 0 fully saturated rings. The molecular formula is C72H116N2O4. The SMILES string of the molecule is CC(C)(C)c1cc(CCC(CCc2cc(C(C)(C)C)c(O)c(C(C)(C)C)c2)NCCCCCCNC(CCc2cc(C(C)(C)C)c(O)c(C(C)(C)C)c2)CCc2cc(C(C)(C)C)c(O)c(C(C)(C)C)c2)cc(C(C)(C)C)c1O. The highest BCUT2D eigenvalue weighted by Gasteiger charge is 2.31. The number of phenols is 4. The van der Waals surface area contributed by atoms with Crippen LogP contribution in [0.1, 0.15) is 284 Å². The molecule has 6 nitrogen and oxygen atoms in total. The van der Waals surface area contributed by atoms with Crippen molar-refractivity contribution in [1.82, 2.24) is 10.6 Å². The summed E-state index contributed by atoms with van der Waals surface area (Å²) < 4.78 is 0. The minimum atomic E-state index is -0.177. The van der Waals surface area contributed by atoms with Crippen LogP contribution < -0.4 is 10.6 Å². The molecule has 0 spiro atoms. The van der Waals surface area contributed by atoms with Gasteiger partial charge in [0.05, 0.1) is 0 Å². The van der Waals surface area contributed by atoms with Crippen LogP contribution in [-0.4, -0.2) is 45.6 Å². The first kappa shape index (κ1) is 66.5. The first-order chi connectivity index (χ1) is 35.4. The van der Waals surface area contributed by atoms with Gasteiger partial charge in [-0.3, -0.25) is 0 Å². The van der Waals surface area contributed by atoms with Gasteiger partial charge in [-0.25, -0.2) is 0 Å². The third-order valence-electron chi connectivity index (χ3n) is 16.2. The molecule has 4 aromatic carbocycles. The van der Waals surface area contributed by atoms with Gasteiger partial charge in [0.25, 0.3) is 0 Å². The fourth-order valence-electron chi connectivity index (χ4n) is 11.2. The Morgan fingerprint density at radius 2 is 0.423 bits per heavy atom. The lowest BCUT2D eigenvalue weighted by atomic mass is 9.77. The van der Waals surface area contributed by atoms with Gasteiger partial charge >= 0.3 is 0 Å². The number of benzene rings is 4. The number of hydrogen-bond donors (Lipinski definition) is 6. The second kappa shape index (κ2) is 25.4. The van der Waals surface area contributed by atoms with E-state index < -0.39 is 0 Å². The molecule has 0 aliphatic heterocycles. The van der Waals surface area contributed by atoms with Crippen molar-refractivity contribution in [2.45, 2.75) is 299 Å². The molecule has 0 unspecified atom stereocenters. The van der Waals surface area contributed by atoms with Gasteiger partial charge in [-0.15, -0.1) is 0 Å². The quantitative estimate of drug-likeness (QED) is 0.0465. The summed E-state index contributed by atoms with van der Waals surface area (Å²) in [5, 5.41) is 54.2. The summed E-state index contributed by atoms with van der Waals surface area (Å²) in [6.07, 6.45) is 12.3. The Hall–Kier alpha value is -4.00. The van der Waals surface area contributed by atoms with Crippen LogP contribution in [0.2, 0.25) is 0 Å². The molecule has 0 heterocycles. The molecular weight excluding hydrogens is 957 g/mol. The highest BCUT2D eigenvalue weighted by atomic mass is 16.3. The largest absolute Gasteiger partial charge is 0.507 e. The number of phenolic OH excluding ortho intramolecular Hbond substituents is 4. The van der Waals surface area contributed by atoms with E-state index in [1.54, 1.807) is 0 Å². The average Bonchev–Trinajstić information content (AvgIpc) is 3.26. The van der Waals surface area contributed by atoms with E-state index in [1.165, 1.54) is 22.3 Å². The predicted octanol–water partition coefficient (Wildman–Crippen LogP) is 18.2. The zero-order chi connectivity index (χ0) is 59.4. The summed E-state index contributed by atoms with van der Waals surface area (Å²) >= 11 is 0. The normalized spacial score (nSPS) is 13.6. The monoisotopic (exact) mass is 1070 g/mol. The lowest BCUT2D eigenvalue weighted by molar-refractivity contribution is 0.416. The van der Waals surface area contributed by atoms with Crippen molar-refractivity contribution >= 4 is 0 Å². The zero-order valence-corrected chi connectivity index (χ0v) is 54.5. The molecule has 0 bridgehead atoms. The van der Waals surface area contributed by atoms with Crippen LogP contribution in [0.15, 0.2) is 48.5 Å². The average molecular weight is 1070 g/mol. The molecule has 0 aliphatic rings. The molecule has 0 aromatic heterocycles. The van der Waals surface area contributed by atoms with E-state index in [4.69, 9.17) is 0 Å². The van der Waals surface area contributed by atoms with Gasteiger partial charge in [-0.1, -0.05) is 228 Å². The van der Waals surface area contributed by atoms with E-state index in [0.29, 0.717) is 35.1 Å². The van der Waals surface area contributed by atoms with E-state index in [0.717, 1.165) is 135 Å². The molecule has 0 saturated carbocycles. The van der Waals surface area contributed by atoms with Gasteiger partial charge < -0.3 is 31.1 Å². The second-order valence-electron chi connectivity index (χ2n) is 32.0. The maximum Gasteiger partial charge on any atom is 0.123 e. The predicted molar refractivity (Wildman–Crippen MR) is 337 cm³/mol. The maximum atomic E-state index is 11.5. The molecule has 6 heteroatoms. The molecule has 0 radical (unpaired) electrons. The fourth-order valence-corrected chi connectivity index (χ4v) is 11.2. The Kier molecular flexibility index (Phi) is 21.7. The molecule has 0 atom stereocenters. The van der Waals surface area contributed by atoms with Crippen molar-refractivity contribution in [3.05, 3.63) is 115 Å². The number of unbranched alkanes of at least 4 members (excludes halogenated alkanes) is 3. The number of aromatic hydroxyl groups is 4. The summed E-state index contributed by atoms with van der Waals surface area (Å²) in [6, 6.07) is 18.6. The number of hydrogen-bond acceptors (Lipinski definition) is 6. The van der Waals surface area contributed by atoms with Crippen molar-refractivity contribution in [2.75, 3.05) is 13.1 Å². The van der Waals surface area contributed by atoms with Crippen LogP contribution in [0.4, 0.5) is 0 Å². The first-order valence-corrected chi connectivity index (χ1v) is 30.3. The second-order valence-corrected chi connectivity index (χ2v) is 32.0. The molecule has 78 heavy (non-hydrogen) atoms. The number of aryl methyl sites for hydroxylation is 4. The molecule has 6 N–H and O–H groups in total. The standard InChI is InChI=1S/C72H116N2O4/c1-65(2,3)53-39-47(40-54(61(53)75)66(4,5)6)29-33-51(34-30-48-41-55(67(7,8)9)62(76)56(42-48)68(10,11)12)73-37-27-25-26-28-38-74-52(35-31-49-43-57(69(13,14)15)63(77)58(44-49)70(16,17)18)36-32-50-45-59(71(19,20)21)64(78)60(46-50)72(22,23)24/h39-46,51-52,73-78H,25-38H2,1-24H3. The minimum absolute atomic E-state index is 0.177. The van der Waals surface area contributed by atoms with E-state index in [9.17, 15) is 20.4 Å². The zero-order valence-electron chi connectivity index (χ0n) is 54.5. The third kappa shape index (κ3) is 18.8. The summed E-state index contributed by atoms with van der Waals surface area (Å²) in [6.45, 7) is 54.6. The Morgan fingerprint density at radius 3 is 0.564 bits per heavy atom. The van der Waals surface area contributed by atoms with Gasteiger partial charge in [0.15, 0.2) is 0 Å². The van der Waals surface area contributed by atoms with E-state index in [-0.39, 0.29) is 43.3 Å². The van der Waals surface area contributed by atoms with Crippen LogP contribution in [0, 0.1) is 0 Å². The third-order valence-corrected chi connectivity index (χ3v) is 16.2. The Labute approximate surface area is 478 Å². The lowest BCUT2D eigenvalue weighted by Crippen LogP contribution is -2.32. The molecule has 0 aliphatic carbocycles. The van der Waals surface area contributed by atoms with E-state index in [1.807, 2.05) is 0 Å². The lowest BCUT2D eigenvalue weighted by Gasteiger charge is -2.29. The van der Waals surface area contributed by atoms with Crippen LogP contribution in [0.3, 0.4) is 0 Å². The highest BCUT2D eigenvalue weighted by molar-refractivity contribution is 5.53. The van der Waals surface area contributed by atoms with Gasteiger partial charge in [0, 0.05) is 12.1 Å². The van der Waals surface area contributed by atoms with Gasteiger partial charge in [0.2, 0.25) is 0 Å². The van der Waals surface area contributed by atoms with Crippen LogP contribution >= 0.6 is 0 Å². The molecule has 0 saturated heterocycles. The first-order valence-electron chi connectivity index (χ1n) is 30.3. The smallest absolute Gasteiger partial charge is 0.123 e. The summed E-state index contributed by atoms with van der Waals surface area (Å²) in [5.74, 6) is 1.75. The topological polar surface area (TPSA) is 105 Å². The number of rotatable bonds is 21. The minimum Gasteiger partial charge on any atom is -0.507 e. The summed E-state index contributed by atoms with van der Waals surface area (Å²) in [4.78, 5) is 0. The van der Waals surface area contributed by atoms with Crippen LogP contribution in [-0.2, 0) is 69.0 Å². The van der Waals surface area contributed by atoms with Crippen molar-refractivity contribution in [3.63, 3.8) is 0 Å². The van der Waals surface area contributed by atoms with Crippen molar-refractivity contribution in [1.29, 1.82) is 0 Å². The maximum absolute atomic E-state index is 11.5. The fraction of sp³-hybridized carbons (Fsp3) is 0.667. The van der Waals surface area contributed by atoms with Gasteiger partial charge in [-0.05, 0) is 187 Å². The molecule has 4 rings (SSSR count). The van der Waals surface area contributed by atoms with Crippen molar-refractivity contribution in [2.24, 2.45) is 0 Å². The number of nitrogens with one attached hydrogen (secondary N) is 2. The van der Waals surface area contributed by atoms with Crippen LogP contribution in [0.25, 0.3) is 0 Å². The molecule has 0 amide bonds. The highest BCUT2D eigenvalue weighted by Crippen LogP contribution is 2.44. The van der Waals surface area contributed by atoms with Crippen molar-refractivity contribution in [3.8, 4) is 23.0 Å². The Balaban J connectivity index is 1.52. The Bertz CT molecular complexity index is 2100. The molecule has 438 valence electrons. The summed E-state index contributed by atoms with van der Waals surface area (Å²) in [5.41, 5.74) is 11.9. The molecule has 4 aromatic rings. The van der Waals surface area contributed by atoms with E-state index in [2.05, 4.69) is 225 Å². The van der Waals surface area contributed by atoms with Gasteiger partial charge in [-0.2, -0.15) is 0 Å². The van der Waals surface area contributed by atoms with Gasteiger partial charge in [0.1, 0.15) is 23.0 Å². The summed E-state index contributed by atoms with van der Waals surface area (Å²) in [7, 11) is 0. The van der Waals surface area contributed by atoms with E-state index >= 15 is 0 Å². The van der Waals surface area contributed by atoms with Crippen LogP contribution in [0.5, 0.6) is 23.0 Å².